The van der Waals surface area contributed by atoms with Crippen LogP contribution in [0.15, 0.2) is 30.3 Å². The number of rotatable bonds is 11. The molecule has 7 heteroatoms. The number of aliphatic hydroxyl groups is 3. The number of carbonyl (C=O) groups is 1. The first-order valence-electron chi connectivity index (χ1n) is 8.95. The fourth-order valence-corrected chi connectivity index (χ4v) is 2.65. The van der Waals surface area contributed by atoms with Crippen molar-refractivity contribution in [3.63, 3.8) is 0 Å². The van der Waals surface area contributed by atoms with Gasteiger partial charge >= 0.3 is 0 Å². The van der Waals surface area contributed by atoms with Crippen LogP contribution in [0.2, 0.25) is 0 Å². The number of amides is 1. The number of carbonyl (C=O) groups excluding carboxylic acids is 1. The topological polar surface area (TPSA) is 125 Å². The molecule has 148 valence electrons. The fraction of sp³-hybridized carbons (Fsp3) is 0.632. The van der Waals surface area contributed by atoms with Gasteiger partial charge in [-0.05, 0) is 25.8 Å². The Morgan fingerprint density at radius 3 is 2.31 bits per heavy atom. The number of ether oxygens (including phenoxy) is 1. The van der Waals surface area contributed by atoms with E-state index < -0.39 is 36.9 Å². The Kier molecular flexibility index (Phi) is 9.75. The normalized spacial score (nSPS) is 18.4. The molecule has 0 fully saturated rings. The Morgan fingerprint density at radius 2 is 1.77 bits per heavy atom. The van der Waals surface area contributed by atoms with Gasteiger partial charge in [0.15, 0.2) is 0 Å². The summed E-state index contributed by atoms with van der Waals surface area (Å²) in [5, 5.41) is 31.7. The van der Waals surface area contributed by atoms with Gasteiger partial charge in [0.05, 0.1) is 18.8 Å². The second kappa shape index (κ2) is 11.3. The first-order chi connectivity index (χ1) is 12.3. The molecule has 1 aromatic carbocycles. The van der Waals surface area contributed by atoms with E-state index in [4.69, 9.17) is 10.5 Å². The lowest BCUT2D eigenvalue weighted by atomic mass is 9.96. The van der Waals surface area contributed by atoms with Crippen LogP contribution >= 0.6 is 0 Å². The third-order valence-corrected chi connectivity index (χ3v) is 4.34. The average molecular weight is 368 g/mol. The molecule has 0 saturated heterocycles. The van der Waals surface area contributed by atoms with Gasteiger partial charge in [-0.3, -0.25) is 4.79 Å². The van der Waals surface area contributed by atoms with Crippen molar-refractivity contribution < 1.29 is 24.9 Å². The van der Waals surface area contributed by atoms with E-state index in [9.17, 15) is 20.1 Å². The van der Waals surface area contributed by atoms with Crippen LogP contribution in [-0.4, -0.2) is 64.8 Å². The lowest BCUT2D eigenvalue weighted by molar-refractivity contribution is -0.147. The van der Waals surface area contributed by atoms with E-state index in [2.05, 4.69) is 5.32 Å². The summed E-state index contributed by atoms with van der Waals surface area (Å²) in [6.07, 6.45) is -2.24. The Labute approximate surface area is 155 Å². The minimum absolute atomic E-state index is 0.0952. The molecule has 0 heterocycles. The zero-order chi connectivity index (χ0) is 19.7. The smallest absolute Gasteiger partial charge is 0.249 e. The molecule has 6 atom stereocenters. The molecule has 1 rings (SSSR count). The van der Waals surface area contributed by atoms with E-state index in [-0.39, 0.29) is 18.6 Å². The van der Waals surface area contributed by atoms with Crippen molar-refractivity contribution in [1.82, 2.24) is 5.32 Å². The standard InChI is InChI=1S/C19H32N2O5/c1-12(10-22)17(24)18(16(20)11-23)26-14(3)19(25)21-13(2)9-15-7-5-4-6-8-15/h4-8,12-14,16-18,22-24H,9-11,20H2,1-3H3,(H,21,25)/t12?,13-,14+,16-,17?,18?/m0/s1. The van der Waals surface area contributed by atoms with Crippen LogP contribution in [0.4, 0.5) is 0 Å². The molecule has 0 aliphatic carbocycles. The minimum atomic E-state index is -1.10. The summed E-state index contributed by atoms with van der Waals surface area (Å²) in [4.78, 5) is 12.4. The maximum absolute atomic E-state index is 12.4. The third-order valence-electron chi connectivity index (χ3n) is 4.34. The summed E-state index contributed by atoms with van der Waals surface area (Å²) >= 11 is 0. The monoisotopic (exact) mass is 368 g/mol. The first kappa shape index (κ1) is 22.5. The highest BCUT2D eigenvalue weighted by Gasteiger charge is 2.33. The summed E-state index contributed by atoms with van der Waals surface area (Å²) < 4.78 is 5.64. The van der Waals surface area contributed by atoms with Gasteiger partial charge in [0, 0.05) is 18.6 Å². The molecule has 0 aliphatic rings. The van der Waals surface area contributed by atoms with Gasteiger partial charge in [-0.25, -0.2) is 0 Å². The Hall–Kier alpha value is -1.51. The fourth-order valence-electron chi connectivity index (χ4n) is 2.65. The predicted molar refractivity (Wildman–Crippen MR) is 99.4 cm³/mol. The van der Waals surface area contributed by atoms with Crippen LogP contribution in [0.1, 0.15) is 26.3 Å². The van der Waals surface area contributed by atoms with Crippen molar-refractivity contribution in [2.45, 2.75) is 57.6 Å². The molecular formula is C19H32N2O5. The van der Waals surface area contributed by atoms with Crippen molar-refractivity contribution >= 4 is 5.91 Å². The van der Waals surface area contributed by atoms with E-state index >= 15 is 0 Å². The molecule has 0 spiro atoms. The first-order valence-corrected chi connectivity index (χ1v) is 8.95. The molecule has 7 nitrogen and oxygen atoms in total. The molecular weight excluding hydrogens is 336 g/mol. The second-order valence-corrected chi connectivity index (χ2v) is 6.84. The van der Waals surface area contributed by atoms with E-state index in [0.29, 0.717) is 6.42 Å². The van der Waals surface area contributed by atoms with Crippen molar-refractivity contribution in [3.05, 3.63) is 35.9 Å². The number of hydrogen-bond donors (Lipinski definition) is 5. The summed E-state index contributed by atoms with van der Waals surface area (Å²) in [6.45, 7) is 4.44. The Morgan fingerprint density at radius 1 is 1.15 bits per heavy atom. The van der Waals surface area contributed by atoms with Gasteiger partial charge in [-0.15, -0.1) is 0 Å². The predicted octanol–water partition coefficient (Wildman–Crippen LogP) is -0.184. The lowest BCUT2D eigenvalue weighted by Gasteiger charge is -2.32. The molecule has 0 radical (unpaired) electrons. The van der Waals surface area contributed by atoms with Crippen LogP contribution in [0, 0.1) is 5.92 Å². The van der Waals surface area contributed by atoms with Gasteiger partial charge in [0.1, 0.15) is 12.2 Å². The van der Waals surface area contributed by atoms with Crippen molar-refractivity contribution in [2.24, 2.45) is 11.7 Å². The molecule has 1 amide bonds. The third kappa shape index (κ3) is 7.01. The molecule has 3 unspecified atom stereocenters. The van der Waals surface area contributed by atoms with E-state index in [1.165, 1.54) is 0 Å². The molecule has 0 aromatic heterocycles. The average Bonchev–Trinajstić information content (AvgIpc) is 2.64. The van der Waals surface area contributed by atoms with E-state index in [1.54, 1.807) is 13.8 Å². The van der Waals surface area contributed by atoms with Crippen LogP contribution in [0.5, 0.6) is 0 Å². The highest BCUT2D eigenvalue weighted by Crippen LogP contribution is 2.15. The number of nitrogens with two attached hydrogens (primary N) is 1. The summed E-state index contributed by atoms with van der Waals surface area (Å²) in [5.74, 6) is -0.822. The molecule has 26 heavy (non-hydrogen) atoms. The Bertz CT molecular complexity index is 528. The zero-order valence-electron chi connectivity index (χ0n) is 15.7. The molecule has 0 bridgehead atoms. The summed E-state index contributed by atoms with van der Waals surface area (Å²) in [7, 11) is 0. The van der Waals surface area contributed by atoms with Crippen LogP contribution in [0.25, 0.3) is 0 Å². The van der Waals surface area contributed by atoms with Crippen molar-refractivity contribution in [2.75, 3.05) is 13.2 Å². The van der Waals surface area contributed by atoms with Crippen molar-refractivity contribution in [3.8, 4) is 0 Å². The number of nitrogens with one attached hydrogen (secondary N) is 1. The largest absolute Gasteiger partial charge is 0.396 e. The minimum Gasteiger partial charge on any atom is -0.396 e. The van der Waals surface area contributed by atoms with E-state index in [1.807, 2.05) is 37.3 Å². The molecule has 6 N–H and O–H groups in total. The molecule has 0 saturated carbocycles. The highest BCUT2D eigenvalue weighted by atomic mass is 16.5. The number of benzene rings is 1. The summed E-state index contributed by atoms with van der Waals surface area (Å²) in [5.41, 5.74) is 6.93. The maximum atomic E-state index is 12.4. The van der Waals surface area contributed by atoms with Gasteiger partial charge in [0.25, 0.3) is 0 Å². The lowest BCUT2D eigenvalue weighted by Crippen LogP contribution is -2.53. The van der Waals surface area contributed by atoms with Crippen molar-refractivity contribution in [1.29, 1.82) is 0 Å². The number of aliphatic hydroxyl groups excluding tert-OH is 3. The van der Waals surface area contributed by atoms with Gasteiger partial charge in [0.2, 0.25) is 5.91 Å². The quantitative estimate of drug-likeness (QED) is 0.369. The van der Waals surface area contributed by atoms with Gasteiger partial charge in [-0.2, -0.15) is 0 Å². The van der Waals surface area contributed by atoms with Gasteiger partial charge < -0.3 is 31.1 Å². The summed E-state index contributed by atoms with van der Waals surface area (Å²) in [6, 6.07) is 8.85. The Balaban J connectivity index is 2.63. The van der Waals surface area contributed by atoms with Crippen LogP contribution in [0.3, 0.4) is 0 Å². The van der Waals surface area contributed by atoms with Crippen LogP contribution in [-0.2, 0) is 16.0 Å². The van der Waals surface area contributed by atoms with Crippen LogP contribution < -0.4 is 11.1 Å². The second-order valence-electron chi connectivity index (χ2n) is 6.84. The van der Waals surface area contributed by atoms with E-state index in [0.717, 1.165) is 5.56 Å². The zero-order valence-corrected chi connectivity index (χ0v) is 15.7. The SMILES string of the molecule is CC(CO)C(O)C(O[C@H](C)C(=O)N[C@@H](C)Cc1ccccc1)[C@@H](N)CO. The number of hydrogen-bond acceptors (Lipinski definition) is 6. The molecule has 1 aromatic rings. The van der Waals surface area contributed by atoms with Gasteiger partial charge in [-0.1, -0.05) is 37.3 Å². The maximum Gasteiger partial charge on any atom is 0.249 e. The highest BCUT2D eigenvalue weighted by molar-refractivity contribution is 5.80. The molecule has 0 aliphatic heterocycles.